The Balaban J connectivity index is 2.11. The Hall–Kier alpha value is -2.10. The summed E-state index contributed by atoms with van der Waals surface area (Å²) in [6.07, 6.45) is 1.57. The number of aryl methyl sites for hydroxylation is 1. The maximum absolute atomic E-state index is 5.60. The molecular weight excluding hydrogens is 192 g/mol. The molecule has 74 valence electrons. The van der Waals surface area contributed by atoms with E-state index in [1.165, 1.54) is 0 Å². The average Bonchev–Trinajstić information content (AvgIpc) is 2.26. The fourth-order valence-corrected chi connectivity index (χ4v) is 1.46. The second kappa shape index (κ2) is 2.95. The van der Waals surface area contributed by atoms with Gasteiger partial charge in [0, 0.05) is 6.07 Å². The molecule has 15 heavy (non-hydrogen) atoms. The van der Waals surface area contributed by atoms with Crippen LogP contribution in [0.2, 0.25) is 0 Å². The van der Waals surface area contributed by atoms with Crippen LogP contribution in [-0.2, 0) is 0 Å². The van der Waals surface area contributed by atoms with Gasteiger partial charge >= 0.3 is 0 Å². The number of aromatic nitrogens is 2. The maximum atomic E-state index is 5.60. The Kier molecular flexibility index (Phi) is 1.62. The molecule has 0 N–H and O–H groups in total. The first kappa shape index (κ1) is 8.23. The number of hydrogen-bond donors (Lipinski definition) is 0. The van der Waals surface area contributed by atoms with Crippen LogP contribution in [0.1, 0.15) is 5.56 Å². The number of fused-ring (bicyclic) bond motifs is 2. The zero-order chi connectivity index (χ0) is 10.3. The molecule has 0 fully saturated rings. The van der Waals surface area contributed by atoms with Gasteiger partial charge in [-0.1, -0.05) is 6.07 Å². The molecule has 0 radical (unpaired) electrons. The maximum Gasteiger partial charge on any atom is 0.282 e. The molecule has 1 aliphatic rings. The van der Waals surface area contributed by atoms with E-state index < -0.39 is 0 Å². The number of hydrogen-bond acceptors (Lipinski definition) is 4. The van der Waals surface area contributed by atoms with Crippen LogP contribution in [0.25, 0.3) is 0 Å². The third-order valence-corrected chi connectivity index (χ3v) is 2.18. The molecular formula is C11H8N2O2. The van der Waals surface area contributed by atoms with Crippen molar-refractivity contribution in [2.45, 2.75) is 6.92 Å². The van der Waals surface area contributed by atoms with Crippen LogP contribution in [0.15, 0.2) is 30.5 Å². The van der Waals surface area contributed by atoms with Crippen LogP contribution in [0.4, 0.5) is 0 Å². The van der Waals surface area contributed by atoms with Crippen molar-refractivity contribution >= 4 is 0 Å². The quantitative estimate of drug-likeness (QED) is 0.559. The van der Waals surface area contributed by atoms with E-state index in [1.54, 1.807) is 12.3 Å². The molecule has 0 unspecified atom stereocenters. The summed E-state index contributed by atoms with van der Waals surface area (Å²) in [6.45, 7) is 2.00. The molecule has 1 aromatic carbocycles. The molecule has 0 spiro atoms. The van der Waals surface area contributed by atoms with E-state index in [2.05, 4.69) is 10.2 Å². The highest BCUT2D eigenvalue weighted by atomic mass is 16.6. The summed E-state index contributed by atoms with van der Waals surface area (Å²) < 4.78 is 11.2. The number of rotatable bonds is 0. The van der Waals surface area contributed by atoms with E-state index >= 15 is 0 Å². The SMILES string of the molecule is Cc1ccc2c(c1)Oc1nnccc1O2. The first-order valence-electron chi connectivity index (χ1n) is 4.61. The average molecular weight is 200 g/mol. The van der Waals surface area contributed by atoms with Crippen LogP contribution in [0, 0.1) is 6.92 Å². The van der Waals surface area contributed by atoms with E-state index in [4.69, 9.17) is 9.47 Å². The van der Waals surface area contributed by atoms with Gasteiger partial charge in [-0.3, -0.25) is 0 Å². The van der Waals surface area contributed by atoms with E-state index in [0.717, 1.165) is 5.56 Å². The first-order valence-corrected chi connectivity index (χ1v) is 4.61. The zero-order valence-corrected chi connectivity index (χ0v) is 8.10. The third-order valence-electron chi connectivity index (χ3n) is 2.18. The summed E-state index contributed by atoms with van der Waals surface area (Å²) in [6, 6.07) is 7.49. The van der Waals surface area contributed by atoms with Crippen LogP contribution < -0.4 is 9.47 Å². The summed E-state index contributed by atoms with van der Waals surface area (Å²) in [5.74, 6) is 2.40. The van der Waals surface area contributed by atoms with Gasteiger partial charge in [0.1, 0.15) is 0 Å². The minimum absolute atomic E-state index is 0.413. The Labute approximate surface area is 86.5 Å². The van der Waals surface area contributed by atoms with E-state index in [9.17, 15) is 0 Å². The second-order valence-corrected chi connectivity index (χ2v) is 3.35. The smallest absolute Gasteiger partial charge is 0.282 e. The molecule has 2 aromatic rings. The molecule has 0 aliphatic carbocycles. The van der Waals surface area contributed by atoms with Gasteiger partial charge in [0.15, 0.2) is 17.2 Å². The topological polar surface area (TPSA) is 44.2 Å². The summed E-state index contributed by atoms with van der Waals surface area (Å²) in [7, 11) is 0. The standard InChI is InChI=1S/C11H8N2O2/c1-7-2-3-8-10(6-7)15-11-9(14-8)4-5-12-13-11/h2-6H,1H3. The van der Waals surface area contributed by atoms with Crippen LogP contribution in [0.3, 0.4) is 0 Å². The minimum atomic E-state index is 0.413. The molecule has 1 aliphatic heterocycles. The highest BCUT2D eigenvalue weighted by molar-refractivity contribution is 5.52. The lowest BCUT2D eigenvalue weighted by Crippen LogP contribution is -2.01. The molecule has 0 saturated carbocycles. The van der Waals surface area contributed by atoms with E-state index in [0.29, 0.717) is 23.1 Å². The van der Waals surface area contributed by atoms with Gasteiger partial charge in [-0.05, 0) is 24.6 Å². The number of ether oxygens (including phenoxy) is 2. The van der Waals surface area contributed by atoms with Crippen molar-refractivity contribution in [2.75, 3.05) is 0 Å². The molecule has 3 rings (SSSR count). The predicted octanol–water partition coefficient (Wildman–Crippen LogP) is 2.68. The molecule has 0 bridgehead atoms. The lowest BCUT2D eigenvalue weighted by Gasteiger charge is -2.18. The lowest BCUT2D eigenvalue weighted by molar-refractivity contribution is 0.343. The van der Waals surface area contributed by atoms with Gasteiger partial charge in [0.2, 0.25) is 0 Å². The van der Waals surface area contributed by atoms with Crippen LogP contribution in [0.5, 0.6) is 23.1 Å². The lowest BCUT2D eigenvalue weighted by atomic mass is 10.2. The van der Waals surface area contributed by atoms with Crippen LogP contribution >= 0.6 is 0 Å². The second-order valence-electron chi connectivity index (χ2n) is 3.35. The van der Waals surface area contributed by atoms with Crippen molar-refractivity contribution in [2.24, 2.45) is 0 Å². The molecule has 0 saturated heterocycles. The van der Waals surface area contributed by atoms with E-state index in [-0.39, 0.29) is 0 Å². The van der Waals surface area contributed by atoms with Crippen molar-refractivity contribution in [3.63, 3.8) is 0 Å². The van der Waals surface area contributed by atoms with Crippen molar-refractivity contribution in [1.29, 1.82) is 0 Å². The first-order chi connectivity index (χ1) is 7.33. The Morgan fingerprint density at radius 3 is 2.87 bits per heavy atom. The highest BCUT2D eigenvalue weighted by Crippen LogP contribution is 2.43. The zero-order valence-electron chi connectivity index (χ0n) is 8.10. The normalized spacial score (nSPS) is 12.1. The van der Waals surface area contributed by atoms with Gasteiger partial charge in [-0.2, -0.15) is 5.10 Å². The molecule has 4 nitrogen and oxygen atoms in total. The molecule has 0 amide bonds. The Morgan fingerprint density at radius 1 is 1.00 bits per heavy atom. The third kappa shape index (κ3) is 1.30. The number of benzene rings is 1. The molecule has 4 heteroatoms. The van der Waals surface area contributed by atoms with Gasteiger partial charge in [-0.15, -0.1) is 5.10 Å². The van der Waals surface area contributed by atoms with Crippen molar-refractivity contribution < 1.29 is 9.47 Å². The molecule has 2 heterocycles. The molecule has 0 atom stereocenters. The van der Waals surface area contributed by atoms with Gasteiger partial charge in [0.05, 0.1) is 6.20 Å². The fraction of sp³-hybridized carbons (Fsp3) is 0.0909. The highest BCUT2D eigenvalue weighted by Gasteiger charge is 2.19. The van der Waals surface area contributed by atoms with Gasteiger partial charge < -0.3 is 9.47 Å². The van der Waals surface area contributed by atoms with Crippen molar-refractivity contribution in [3.05, 3.63) is 36.0 Å². The monoisotopic (exact) mass is 200 g/mol. The van der Waals surface area contributed by atoms with Gasteiger partial charge in [-0.25, -0.2) is 0 Å². The largest absolute Gasteiger partial charge is 0.448 e. The van der Waals surface area contributed by atoms with Crippen molar-refractivity contribution in [3.8, 4) is 23.1 Å². The molecule has 1 aromatic heterocycles. The Morgan fingerprint density at radius 2 is 1.93 bits per heavy atom. The summed E-state index contributed by atoms with van der Waals surface area (Å²) in [5.41, 5.74) is 1.12. The summed E-state index contributed by atoms with van der Waals surface area (Å²) >= 11 is 0. The Bertz CT molecular complexity index is 526. The van der Waals surface area contributed by atoms with Crippen molar-refractivity contribution in [1.82, 2.24) is 10.2 Å². The summed E-state index contributed by atoms with van der Waals surface area (Å²) in [4.78, 5) is 0. The minimum Gasteiger partial charge on any atom is -0.448 e. The van der Waals surface area contributed by atoms with Gasteiger partial charge in [0.25, 0.3) is 5.88 Å². The summed E-state index contributed by atoms with van der Waals surface area (Å²) in [5, 5.41) is 7.59. The van der Waals surface area contributed by atoms with E-state index in [1.807, 2.05) is 25.1 Å². The van der Waals surface area contributed by atoms with Crippen LogP contribution in [-0.4, -0.2) is 10.2 Å². The predicted molar refractivity (Wildman–Crippen MR) is 53.4 cm³/mol. The number of nitrogens with zero attached hydrogens (tertiary/aromatic N) is 2. The fourth-order valence-electron chi connectivity index (χ4n) is 1.46.